The molecule has 34 heavy (non-hydrogen) atoms. The Bertz CT molecular complexity index is 961. The summed E-state index contributed by atoms with van der Waals surface area (Å²) in [6, 6.07) is 9.59. The van der Waals surface area contributed by atoms with Crippen molar-refractivity contribution in [2.75, 3.05) is 37.6 Å². The average molecular weight is 469 g/mol. The summed E-state index contributed by atoms with van der Waals surface area (Å²) in [7, 11) is 0. The molecule has 8 heteroatoms. The number of ether oxygens (including phenoxy) is 1. The second kappa shape index (κ2) is 10.3. The monoisotopic (exact) mass is 468 g/mol. The third-order valence-corrected chi connectivity index (χ3v) is 7.03. The number of anilines is 1. The molecule has 3 fully saturated rings. The number of carbonyl (C=O) groups excluding carboxylic acids is 1. The molecule has 1 aromatic carbocycles. The number of nitrogens with one attached hydrogen (secondary N) is 1. The minimum atomic E-state index is -0.860. The molecule has 2 aromatic rings. The fourth-order valence-electron chi connectivity index (χ4n) is 4.85. The number of aromatic nitrogens is 1. The molecule has 0 bridgehead atoms. The van der Waals surface area contributed by atoms with E-state index in [0.717, 1.165) is 57.4 Å². The highest BCUT2D eigenvalue weighted by Gasteiger charge is 2.33. The second-order valence-corrected chi connectivity index (χ2v) is 9.72. The summed E-state index contributed by atoms with van der Waals surface area (Å²) in [5.74, 6) is 0.0864. The number of aliphatic hydroxyl groups is 1. The fourth-order valence-corrected chi connectivity index (χ4v) is 4.85. The van der Waals surface area contributed by atoms with Crippen LogP contribution in [-0.4, -0.2) is 65.8 Å². The molecule has 2 saturated heterocycles. The van der Waals surface area contributed by atoms with E-state index in [4.69, 9.17) is 4.74 Å². The summed E-state index contributed by atoms with van der Waals surface area (Å²) in [6.07, 6.45) is 6.20. The summed E-state index contributed by atoms with van der Waals surface area (Å²) in [5, 5.41) is 14.4. The quantitative estimate of drug-likeness (QED) is 0.589. The first-order valence-electron chi connectivity index (χ1n) is 12.4. The van der Waals surface area contributed by atoms with Crippen LogP contribution < -0.4 is 15.0 Å². The maximum absolute atomic E-state index is 13.3. The number of pyridine rings is 1. The van der Waals surface area contributed by atoms with Crippen molar-refractivity contribution in [2.45, 2.75) is 50.4 Å². The van der Waals surface area contributed by atoms with Gasteiger partial charge in [-0.05, 0) is 75.5 Å². The minimum absolute atomic E-state index is 0.0468. The van der Waals surface area contributed by atoms with Gasteiger partial charge in [-0.3, -0.25) is 4.79 Å². The van der Waals surface area contributed by atoms with E-state index < -0.39 is 12.1 Å². The number of rotatable bonds is 9. The van der Waals surface area contributed by atoms with Crippen LogP contribution in [0.15, 0.2) is 42.6 Å². The van der Waals surface area contributed by atoms with E-state index in [1.165, 1.54) is 12.1 Å². The van der Waals surface area contributed by atoms with Gasteiger partial charge >= 0.3 is 0 Å². The van der Waals surface area contributed by atoms with Gasteiger partial charge in [0.05, 0.1) is 12.0 Å². The Balaban J connectivity index is 1.23. The molecule has 1 aromatic heterocycles. The number of amides is 1. The predicted molar refractivity (Wildman–Crippen MR) is 127 cm³/mol. The van der Waals surface area contributed by atoms with Crippen molar-refractivity contribution >= 4 is 11.6 Å². The first-order valence-corrected chi connectivity index (χ1v) is 12.4. The van der Waals surface area contributed by atoms with Crippen LogP contribution in [0.2, 0.25) is 0 Å². The van der Waals surface area contributed by atoms with Crippen LogP contribution in [-0.2, 0) is 4.79 Å². The highest BCUT2D eigenvalue weighted by molar-refractivity contribution is 5.80. The maximum atomic E-state index is 13.3. The summed E-state index contributed by atoms with van der Waals surface area (Å²) >= 11 is 0. The van der Waals surface area contributed by atoms with Crippen molar-refractivity contribution in [3.63, 3.8) is 0 Å². The number of aliphatic hydroxyl groups excluding tert-OH is 1. The lowest BCUT2D eigenvalue weighted by Crippen LogP contribution is -2.48. The van der Waals surface area contributed by atoms with Crippen molar-refractivity contribution in [1.82, 2.24) is 15.2 Å². The lowest BCUT2D eigenvalue weighted by atomic mass is 10.0. The van der Waals surface area contributed by atoms with Gasteiger partial charge in [-0.2, -0.15) is 0 Å². The Labute approximate surface area is 199 Å². The second-order valence-electron chi connectivity index (χ2n) is 9.72. The zero-order chi connectivity index (χ0) is 23.5. The number of benzene rings is 1. The first-order chi connectivity index (χ1) is 16.5. The van der Waals surface area contributed by atoms with Gasteiger partial charge in [0.25, 0.3) is 0 Å². The molecule has 3 unspecified atom stereocenters. The van der Waals surface area contributed by atoms with Crippen LogP contribution in [0.3, 0.4) is 0 Å². The molecule has 2 N–H and O–H groups in total. The van der Waals surface area contributed by atoms with Gasteiger partial charge in [0.15, 0.2) is 0 Å². The number of carbonyl (C=O) groups is 1. The van der Waals surface area contributed by atoms with Gasteiger partial charge in [0, 0.05) is 43.1 Å². The molecular formula is C26H33FN4O3. The number of hydrogen-bond acceptors (Lipinski definition) is 6. The molecule has 2 aliphatic heterocycles. The molecule has 3 aliphatic rings. The predicted octanol–water partition coefficient (Wildman–Crippen LogP) is 2.90. The van der Waals surface area contributed by atoms with E-state index >= 15 is 0 Å². The summed E-state index contributed by atoms with van der Waals surface area (Å²) in [4.78, 5) is 22.0. The Morgan fingerprint density at radius 2 is 1.88 bits per heavy atom. The molecule has 1 amide bonds. The smallest absolute Gasteiger partial charge is 0.225 e. The Kier molecular flexibility index (Phi) is 6.97. The third kappa shape index (κ3) is 5.67. The van der Waals surface area contributed by atoms with Crippen LogP contribution in [0.25, 0.3) is 0 Å². The molecule has 3 atom stereocenters. The average Bonchev–Trinajstić information content (AvgIpc) is 3.29. The van der Waals surface area contributed by atoms with Crippen molar-refractivity contribution in [2.24, 2.45) is 5.92 Å². The van der Waals surface area contributed by atoms with Gasteiger partial charge < -0.3 is 25.0 Å². The number of likely N-dealkylation sites (tertiary alicyclic amines) is 1. The van der Waals surface area contributed by atoms with Gasteiger partial charge in [-0.15, -0.1) is 0 Å². The highest BCUT2D eigenvalue weighted by Crippen LogP contribution is 2.28. The van der Waals surface area contributed by atoms with Crippen LogP contribution in [0.1, 0.15) is 43.8 Å². The summed E-state index contributed by atoms with van der Waals surface area (Å²) < 4.78 is 19.0. The topological polar surface area (TPSA) is 77.9 Å². The Hall–Kier alpha value is -2.71. The van der Waals surface area contributed by atoms with Crippen LogP contribution in [0.5, 0.6) is 5.88 Å². The van der Waals surface area contributed by atoms with E-state index in [1.54, 1.807) is 24.4 Å². The lowest BCUT2D eigenvalue weighted by molar-refractivity contribution is -0.126. The standard InChI is InChI=1S/C26H33FN4O3/c27-20-4-6-21(7-5-20)31-14-11-19(16-31)26(33)29-23(17-30-12-1-2-13-30)25(32)18-3-10-24(28-15-18)34-22-8-9-22/h3-7,10,15,19,22-23,25,32H,1-2,8-9,11-14,16-17H2,(H,29,33). The SMILES string of the molecule is O=C(NC(CN1CCCC1)C(O)c1ccc(OC2CC2)nc1)C1CCN(c2ccc(F)cc2)C1. The largest absolute Gasteiger partial charge is 0.474 e. The van der Waals surface area contributed by atoms with Crippen LogP contribution in [0, 0.1) is 11.7 Å². The van der Waals surface area contributed by atoms with Crippen molar-refractivity contribution in [3.8, 4) is 5.88 Å². The molecule has 1 saturated carbocycles. The minimum Gasteiger partial charge on any atom is -0.474 e. The lowest BCUT2D eigenvalue weighted by Gasteiger charge is -2.29. The molecule has 182 valence electrons. The normalized spacial score (nSPS) is 22.5. The number of halogens is 1. The molecule has 1 aliphatic carbocycles. The van der Waals surface area contributed by atoms with E-state index in [0.29, 0.717) is 24.5 Å². The van der Waals surface area contributed by atoms with Crippen molar-refractivity contribution in [1.29, 1.82) is 0 Å². The van der Waals surface area contributed by atoms with E-state index in [1.807, 2.05) is 6.07 Å². The van der Waals surface area contributed by atoms with E-state index in [-0.39, 0.29) is 23.7 Å². The zero-order valence-corrected chi connectivity index (χ0v) is 19.4. The number of nitrogens with zero attached hydrogens (tertiary/aromatic N) is 3. The van der Waals surface area contributed by atoms with Gasteiger partial charge in [-0.25, -0.2) is 9.37 Å². The van der Waals surface area contributed by atoms with Gasteiger partial charge in [-0.1, -0.05) is 0 Å². The molecule has 5 rings (SSSR count). The van der Waals surface area contributed by atoms with Crippen molar-refractivity contribution in [3.05, 3.63) is 54.0 Å². The highest BCUT2D eigenvalue weighted by atomic mass is 19.1. The maximum Gasteiger partial charge on any atom is 0.225 e. The summed E-state index contributed by atoms with van der Waals surface area (Å²) in [6.45, 7) is 3.89. The van der Waals surface area contributed by atoms with Crippen LogP contribution >= 0.6 is 0 Å². The van der Waals surface area contributed by atoms with Gasteiger partial charge in [0.1, 0.15) is 18.0 Å². The van der Waals surface area contributed by atoms with Gasteiger partial charge in [0.2, 0.25) is 11.8 Å². The molecule has 3 heterocycles. The van der Waals surface area contributed by atoms with E-state index in [2.05, 4.69) is 20.1 Å². The fraction of sp³-hybridized carbons (Fsp3) is 0.538. The van der Waals surface area contributed by atoms with E-state index in [9.17, 15) is 14.3 Å². The zero-order valence-electron chi connectivity index (χ0n) is 19.4. The molecule has 7 nitrogen and oxygen atoms in total. The Morgan fingerprint density at radius 3 is 2.56 bits per heavy atom. The molecular weight excluding hydrogens is 435 g/mol. The summed E-state index contributed by atoms with van der Waals surface area (Å²) in [5.41, 5.74) is 1.59. The molecule has 0 radical (unpaired) electrons. The Morgan fingerprint density at radius 1 is 1.12 bits per heavy atom. The number of hydrogen-bond donors (Lipinski definition) is 2. The third-order valence-electron chi connectivity index (χ3n) is 7.03. The van der Waals surface area contributed by atoms with Crippen molar-refractivity contribution < 1.29 is 19.0 Å². The first kappa shape index (κ1) is 23.1. The van der Waals surface area contributed by atoms with Crippen LogP contribution in [0.4, 0.5) is 10.1 Å². The molecule has 0 spiro atoms.